The topological polar surface area (TPSA) is 110 Å². The average Bonchev–Trinajstić information content (AvgIpc) is 2.67. The SMILES string of the molecule is Cc1noc(C)c1C(=O)N1CCN(S(N)(=O)=O)CC1. The Hall–Kier alpha value is -1.45. The summed E-state index contributed by atoms with van der Waals surface area (Å²) in [6.07, 6.45) is 0. The lowest BCUT2D eigenvalue weighted by Crippen LogP contribution is -2.52. The van der Waals surface area contributed by atoms with Crippen molar-refractivity contribution in [1.29, 1.82) is 0 Å². The predicted molar refractivity (Wildman–Crippen MR) is 66.6 cm³/mol. The first-order valence-corrected chi connectivity index (χ1v) is 7.31. The molecule has 1 saturated heterocycles. The highest BCUT2D eigenvalue weighted by atomic mass is 32.2. The van der Waals surface area contributed by atoms with Crippen LogP contribution in [-0.2, 0) is 10.2 Å². The van der Waals surface area contributed by atoms with Gasteiger partial charge in [0.15, 0.2) is 0 Å². The molecule has 1 fully saturated rings. The summed E-state index contributed by atoms with van der Waals surface area (Å²) in [7, 11) is -3.68. The van der Waals surface area contributed by atoms with E-state index in [0.29, 0.717) is 30.1 Å². The average molecular weight is 288 g/mol. The summed E-state index contributed by atoms with van der Waals surface area (Å²) in [6, 6.07) is 0. The Labute approximate surface area is 111 Å². The summed E-state index contributed by atoms with van der Waals surface area (Å²) < 4.78 is 28.5. The first-order chi connectivity index (χ1) is 8.80. The zero-order valence-electron chi connectivity index (χ0n) is 10.8. The maximum Gasteiger partial charge on any atom is 0.277 e. The van der Waals surface area contributed by atoms with Gasteiger partial charge in [-0.2, -0.15) is 12.7 Å². The fourth-order valence-electron chi connectivity index (χ4n) is 2.09. The molecule has 1 aromatic rings. The standard InChI is InChI=1S/C10H16N4O4S/c1-7-9(8(2)18-12-7)10(15)13-3-5-14(6-4-13)19(11,16)17/h3-6H2,1-2H3,(H2,11,16,17). The van der Waals surface area contributed by atoms with Crippen LogP contribution in [0.5, 0.6) is 0 Å². The van der Waals surface area contributed by atoms with Crippen molar-refractivity contribution in [2.45, 2.75) is 13.8 Å². The van der Waals surface area contributed by atoms with Crippen molar-refractivity contribution in [2.24, 2.45) is 5.14 Å². The molecule has 0 unspecified atom stereocenters. The van der Waals surface area contributed by atoms with Crippen molar-refractivity contribution in [3.05, 3.63) is 17.0 Å². The van der Waals surface area contributed by atoms with E-state index in [2.05, 4.69) is 5.16 Å². The third-order valence-corrected chi connectivity index (χ3v) is 4.22. The largest absolute Gasteiger partial charge is 0.361 e. The van der Waals surface area contributed by atoms with Crippen LogP contribution >= 0.6 is 0 Å². The number of nitrogens with zero attached hydrogens (tertiary/aromatic N) is 3. The van der Waals surface area contributed by atoms with E-state index >= 15 is 0 Å². The number of amides is 1. The molecule has 2 N–H and O–H groups in total. The smallest absolute Gasteiger partial charge is 0.277 e. The Kier molecular flexibility index (Phi) is 3.61. The normalized spacial score (nSPS) is 17.7. The fraction of sp³-hybridized carbons (Fsp3) is 0.600. The molecule has 0 aromatic carbocycles. The lowest BCUT2D eigenvalue weighted by atomic mass is 10.1. The molecule has 0 aliphatic carbocycles. The number of hydrogen-bond acceptors (Lipinski definition) is 5. The van der Waals surface area contributed by atoms with Gasteiger partial charge in [-0.1, -0.05) is 5.16 Å². The van der Waals surface area contributed by atoms with E-state index in [0.717, 1.165) is 4.31 Å². The van der Waals surface area contributed by atoms with Crippen LogP contribution < -0.4 is 5.14 Å². The molecule has 8 nitrogen and oxygen atoms in total. The van der Waals surface area contributed by atoms with E-state index < -0.39 is 10.2 Å². The summed E-state index contributed by atoms with van der Waals surface area (Å²) in [6.45, 7) is 4.39. The molecule has 0 spiro atoms. The number of aromatic nitrogens is 1. The number of aryl methyl sites for hydroxylation is 2. The van der Waals surface area contributed by atoms with Gasteiger partial charge in [0.05, 0.1) is 5.69 Å². The first-order valence-electron chi connectivity index (χ1n) is 5.80. The summed E-state index contributed by atoms with van der Waals surface area (Å²) in [4.78, 5) is 13.9. The Balaban J connectivity index is 2.09. The second kappa shape index (κ2) is 4.91. The van der Waals surface area contributed by atoms with Crippen LogP contribution in [0.4, 0.5) is 0 Å². The molecule has 19 heavy (non-hydrogen) atoms. The van der Waals surface area contributed by atoms with Gasteiger partial charge in [-0.3, -0.25) is 4.79 Å². The van der Waals surface area contributed by atoms with Gasteiger partial charge in [0, 0.05) is 26.2 Å². The molecule has 0 atom stereocenters. The van der Waals surface area contributed by atoms with Crippen LogP contribution in [0.15, 0.2) is 4.52 Å². The van der Waals surface area contributed by atoms with Gasteiger partial charge in [-0.05, 0) is 13.8 Å². The molecule has 1 aliphatic heterocycles. The van der Waals surface area contributed by atoms with Crippen LogP contribution in [0.3, 0.4) is 0 Å². The van der Waals surface area contributed by atoms with Crippen molar-refractivity contribution >= 4 is 16.1 Å². The Morgan fingerprint density at radius 1 is 1.26 bits per heavy atom. The number of rotatable bonds is 2. The zero-order chi connectivity index (χ0) is 14.2. The van der Waals surface area contributed by atoms with Gasteiger partial charge in [-0.25, -0.2) is 5.14 Å². The van der Waals surface area contributed by atoms with Crippen molar-refractivity contribution in [2.75, 3.05) is 26.2 Å². The molecule has 0 radical (unpaired) electrons. The van der Waals surface area contributed by atoms with Crippen molar-refractivity contribution in [1.82, 2.24) is 14.4 Å². The Morgan fingerprint density at radius 2 is 1.84 bits per heavy atom. The highest BCUT2D eigenvalue weighted by Gasteiger charge is 2.29. The molecular weight excluding hydrogens is 272 g/mol. The fourth-order valence-corrected chi connectivity index (χ4v) is 2.76. The van der Waals surface area contributed by atoms with Crippen LogP contribution in [-0.4, -0.2) is 54.9 Å². The van der Waals surface area contributed by atoms with E-state index in [4.69, 9.17) is 9.66 Å². The second-order valence-corrected chi connectivity index (χ2v) is 5.98. The van der Waals surface area contributed by atoms with E-state index in [1.807, 2.05) is 0 Å². The maximum atomic E-state index is 12.3. The molecule has 1 aliphatic rings. The summed E-state index contributed by atoms with van der Waals surface area (Å²) in [5.74, 6) is 0.279. The van der Waals surface area contributed by atoms with E-state index in [9.17, 15) is 13.2 Å². The molecular formula is C10H16N4O4S. The first kappa shape index (κ1) is 14.0. The molecule has 0 bridgehead atoms. The van der Waals surface area contributed by atoms with Crippen LogP contribution in [0.1, 0.15) is 21.8 Å². The van der Waals surface area contributed by atoms with Gasteiger partial charge >= 0.3 is 0 Å². The Bertz CT molecular complexity index is 567. The number of nitrogens with two attached hydrogens (primary N) is 1. The van der Waals surface area contributed by atoms with Crippen molar-refractivity contribution in [3.8, 4) is 0 Å². The quantitative estimate of drug-likeness (QED) is 0.770. The zero-order valence-corrected chi connectivity index (χ0v) is 11.6. The number of piperazine rings is 1. The molecule has 2 rings (SSSR count). The molecule has 2 heterocycles. The van der Waals surface area contributed by atoms with E-state index in [-0.39, 0.29) is 19.0 Å². The van der Waals surface area contributed by atoms with Crippen molar-refractivity contribution in [3.63, 3.8) is 0 Å². The number of hydrogen-bond donors (Lipinski definition) is 1. The number of carbonyl (C=O) groups is 1. The van der Waals surface area contributed by atoms with Gasteiger partial charge in [-0.15, -0.1) is 0 Å². The highest BCUT2D eigenvalue weighted by molar-refractivity contribution is 7.86. The summed E-state index contributed by atoms with van der Waals surface area (Å²) in [5.41, 5.74) is 0.987. The number of carbonyl (C=O) groups excluding carboxylic acids is 1. The summed E-state index contributed by atoms with van der Waals surface area (Å²) >= 11 is 0. The van der Waals surface area contributed by atoms with E-state index in [1.165, 1.54) is 0 Å². The molecule has 1 aromatic heterocycles. The molecule has 0 saturated carbocycles. The summed E-state index contributed by atoms with van der Waals surface area (Å²) in [5, 5.41) is 8.78. The third-order valence-electron chi connectivity index (χ3n) is 3.13. The van der Waals surface area contributed by atoms with Gasteiger partial charge < -0.3 is 9.42 Å². The minimum atomic E-state index is -3.68. The lowest BCUT2D eigenvalue weighted by molar-refractivity contribution is 0.0695. The van der Waals surface area contributed by atoms with Gasteiger partial charge in [0.25, 0.3) is 16.1 Å². The van der Waals surface area contributed by atoms with Crippen molar-refractivity contribution < 1.29 is 17.7 Å². The third kappa shape index (κ3) is 2.77. The monoisotopic (exact) mass is 288 g/mol. The van der Waals surface area contributed by atoms with Gasteiger partial charge in [0.2, 0.25) is 0 Å². The van der Waals surface area contributed by atoms with Gasteiger partial charge in [0.1, 0.15) is 11.3 Å². The van der Waals surface area contributed by atoms with Crippen LogP contribution in [0, 0.1) is 13.8 Å². The molecule has 106 valence electrons. The predicted octanol–water partition coefficient (Wildman–Crippen LogP) is -0.747. The Morgan fingerprint density at radius 3 is 2.26 bits per heavy atom. The highest BCUT2D eigenvalue weighted by Crippen LogP contribution is 2.16. The van der Waals surface area contributed by atoms with E-state index in [1.54, 1.807) is 18.7 Å². The van der Waals surface area contributed by atoms with Crippen LogP contribution in [0.25, 0.3) is 0 Å². The lowest BCUT2D eigenvalue weighted by Gasteiger charge is -2.32. The minimum Gasteiger partial charge on any atom is -0.361 e. The second-order valence-electron chi connectivity index (χ2n) is 4.44. The molecule has 1 amide bonds. The minimum absolute atomic E-state index is 0.190. The van der Waals surface area contributed by atoms with Crippen LogP contribution in [0.2, 0.25) is 0 Å². The maximum absolute atomic E-state index is 12.3. The molecule has 9 heteroatoms.